The van der Waals surface area contributed by atoms with Crippen LogP contribution in [0.4, 0.5) is 8.78 Å². The summed E-state index contributed by atoms with van der Waals surface area (Å²) < 4.78 is 33.4. The van der Waals surface area contributed by atoms with Crippen molar-refractivity contribution in [3.05, 3.63) is 70.8 Å². The largest absolute Gasteiger partial charge is 0.475 e. The third-order valence-electron chi connectivity index (χ3n) is 5.09. The van der Waals surface area contributed by atoms with Gasteiger partial charge in [0.05, 0.1) is 5.71 Å². The lowest BCUT2D eigenvalue weighted by atomic mass is 9.85. The molecule has 0 saturated heterocycles. The highest BCUT2D eigenvalue weighted by molar-refractivity contribution is 6.01. The van der Waals surface area contributed by atoms with Crippen molar-refractivity contribution in [1.82, 2.24) is 0 Å². The second-order valence-electron chi connectivity index (χ2n) is 8.18. The Kier molecular flexibility index (Phi) is 4.65. The van der Waals surface area contributed by atoms with E-state index in [9.17, 15) is 8.78 Å². The van der Waals surface area contributed by atoms with Gasteiger partial charge in [0.25, 0.3) is 0 Å². The predicted octanol–water partition coefficient (Wildman–Crippen LogP) is 5.02. The third-order valence-corrected chi connectivity index (χ3v) is 5.09. The SMILES string of the molecule is CC(C)(C)C1CC(c2ccc(C3COC(c4c(F)cccc4F)=N3)cc2)=NO1. The van der Waals surface area contributed by atoms with Crippen LogP contribution in [0.15, 0.2) is 52.6 Å². The van der Waals surface area contributed by atoms with Crippen molar-refractivity contribution in [3.8, 4) is 0 Å². The summed E-state index contributed by atoms with van der Waals surface area (Å²) in [6.45, 7) is 6.65. The molecule has 4 rings (SSSR count). The summed E-state index contributed by atoms with van der Waals surface area (Å²) in [5.41, 5.74) is 2.65. The standard InChI is InChI=1S/C22H22F2N2O2/c1-22(2,3)19-11-17(26-28-19)13-7-9-14(10-8-13)18-12-27-21(25-18)20-15(23)5-4-6-16(20)24/h4-10,18-19H,11-12H2,1-3H3. The highest BCUT2D eigenvalue weighted by Crippen LogP contribution is 2.32. The molecule has 0 amide bonds. The minimum absolute atomic E-state index is 0.00580. The van der Waals surface area contributed by atoms with E-state index < -0.39 is 11.6 Å². The lowest BCUT2D eigenvalue weighted by Crippen LogP contribution is -2.26. The molecule has 6 heteroatoms. The molecule has 0 spiro atoms. The van der Waals surface area contributed by atoms with Gasteiger partial charge in [0.1, 0.15) is 36.0 Å². The zero-order chi connectivity index (χ0) is 19.9. The molecule has 2 heterocycles. The normalized spacial score (nSPS) is 21.8. The van der Waals surface area contributed by atoms with Crippen molar-refractivity contribution in [2.24, 2.45) is 15.6 Å². The molecule has 2 aliphatic heterocycles. The van der Waals surface area contributed by atoms with E-state index in [1.54, 1.807) is 0 Å². The highest BCUT2D eigenvalue weighted by atomic mass is 19.1. The van der Waals surface area contributed by atoms with Gasteiger partial charge >= 0.3 is 0 Å². The van der Waals surface area contributed by atoms with E-state index in [0.29, 0.717) is 0 Å². The van der Waals surface area contributed by atoms with Crippen LogP contribution in [0.3, 0.4) is 0 Å². The number of ether oxygens (including phenoxy) is 1. The predicted molar refractivity (Wildman–Crippen MR) is 104 cm³/mol. The van der Waals surface area contributed by atoms with Crippen molar-refractivity contribution in [2.45, 2.75) is 39.3 Å². The van der Waals surface area contributed by atoms with Gasteiger partial charge < -0.3 is 9.57 Å². The van der Waals surface area contributed by atoms with Crippen LogP contribution in [0.2, 0.25) is 0 Å². The summed E-state index contributed by atoms with van der Waals surface area (Å²) >= 11 is 0. The van der Waals surface area contributed by atoms with Gasteiger partial charge in [-0.1, -0.05) is 56.3 Å². The van der Waals surface area contributed by atoms with E-state index in [2.05, 4.69) is 30.9 Å². The number of rotatable bonds is 3. The van der Waals surface area contributed by atoms with Crippen molar-refractivity contribution >= 4 is 11.6 Å². The van der Waals surface area contributed by atoms with E-state index in [-0.39, 0.29) is 35.6 Å². The summed E-state index contributed by atoms with van der Waals surface area (Å²) in [5.74, 6) is -1.35. The maximum absolute atomic E-state index is 13.9. The van der Waals surface area contributed by atoms with Crippen LogP contribution in [0.1, 0.15) is 49.9 Å². The number of benzene rings is 2. The van der Waals surface area contributed by atoms with Gasteiger partial charge in [-0.15, -0.1) is 0 Å². The second-order valence-corrected chi connectivity index (χ2v) is 8.18. The van der Waals surface area contributed by atoms with Crippen LogP contribution in [0.25, 0.3) is 0 Å². The Bertz CT molecular complexity index is 926. The van der Waals surface area contributed by atoms with Gasteiger partial charge in [-0.3, -0.25) is 0 Å². The molecule has 0 N–H and O–H groups in total. The number of hydrogen-bond donors (Lipinski definition) is 0. The maximum atomic E-state index is 13.9. The molecule has 0 bridgehead atoms. The molecule has 0 radical (unpaired) electrons. The molecule has 2 aliphatic rings. The monoisotopic (exact) mass is 384 g/mol. The third kappa shape index (κ3) is 3.51. The summed E-state index contributed by atoms with van der Waals surface area (Å²) in [5, 5.41) is 4.23. The lowest BCUT2D eigenvalue weighted by Gasteiger charge is -2.23. The molecule has 2 atom stereocenters. The summed E-state index contributed by atoms with van der Waals surface area (Å²) in [6.07, 6.45) is 0.831. The fourth-order valence-corrected chi connectivity index (χ4v) is 3.29. The molecule has 28 heavy (non-hydrogen) atoms. The number of hydrogen-bond acceptors (Lipinski definition) is 4. The Morgan fingerprint density at radius 3 is 2.29 bits per heavy atom. The van der Waals surface area contributed by atoms with Crippen LogP contribution in [-0.2, 0) is 9.57 Å². The van der Waals surface area contributed by atoms with Gasteiger partial charge in [0.15, 0.2) is 0 Å². The summed E-state index contributed by atoms with van der Waals surface area (Å²) in [6, 6.07) is 11.2. The molecule has 2 aromatic rings. The van der Waals surface area contributed by atoms with Crippen LogP contribution >= 0.6 is 0 Å². The highest BCUT2D eigenvalue weighted by Gasteiger charge is 2.33. The fraction of sp³-hybridized carbons (Fsp3) is 0.364. The van der Waals surface area contributed by atoms with E-state index >= 15 is 0 Å². The van der Waals surface area contributed by atoms with E-state index in [0.717, 1.165) is 23.3 Å². The molecular formula is C22H22F2N2O2. The molecule has 2 aromatic carbocycles. The first-order valence-electron chi connectivity index (χ1n) is 9.31. The zero-order valence-corrected chi connectivity index (χ0v) is 16.1. The van der Waals surface area contributed by atoms with Crippen LogP contribution in [0.5, 0.6) is 0 Å². The zero-order valence-electron chi connectivity index (χ0n) is 16.1. The maximum Gasteiger partial charge on any atom is 0.222 e. The Balaban J connectivity index is 1.50. The van der Waals surface area contributed by atoms with Gasteiger partial charge in [0.2, 0.25) is 5.90 Å². The molecule has 4 nitrogen and oxygen atoms in total. The van der Waals surface area contributed by atoms with Crippen LogP contribution in [-0.4, -0.2) is 24.3 Å². The van der Waals surface area contributed by atoms with Gasteiger partial charge in [-0.05, 0) is 23.3 Å². The molecule has 0 fully saturated rings. The Morgan fingerprint density at radius 1 is 1.00 bits per heavy atom. The molecular weight excluding hydrogens is 362 g/mol. The second kappa shape index (κ2) is 7.00. The number of halogens is 2. The van der Waals surface area contributed by atoms with Crippen LogP contribution in [0, 0.1) is 17.0 Å². The van der Waals surface area contributed by atoms with E-state index in [4.69, 9.17) is 9.57 Å². The lowest BCUT2D eigenvalue weighted by molar-refractivity contribution is 0.00831. The van der Waals surface area contributed by atoms with Crippen molar-refractivity contribution in [2.75, 3.05) is 6.61 Å². The molecule has 0 aromatic heterocycles. The Hall–Kier alpha value is -2.76. The fourth-order valence-electron chi connectivity index (χ4n) is 3.29. The first-order valence-corrected chi connectivity index (χ1v) is 9.31. The number of nitrogens with zero attached hydrogens (tertiary/aromatic N) is 2. The van der Waals surface area contributed by atoms with Crippen molar-refractivity contribution in [3.63, 3.8) is 0 Å². The van der Waals surface area contributed by atoms with E-state index in [1.807, 2.05) is 24.3 Å². The summed E-state index contributed by atoms with van der Waals surface area (Å²) in [7, 11) is 0. The minimum Gasteiger partial charge on any atom is -0.475 e. The summed E-state index contributed by atoms with van der Waals surface area (Å²) in [4.78, 5) is 9.96. The first kappa shape index (κ1) is 18.6. The topological polar surface area (TPSA) is 43.2 Å². The van der Waals surface area contributed by atoms with Crippen molar-refractivity contribution < 1.29 is 18.4 Å². The molecule has 146 valence electrons. The Morgan fingerprint density at radius 2 is 1.68 bits per heavy atom. The van der Waals surface area contributed by atoms with E-state index in [1.165, 1.54) is 18.2 Å². The van der Waals surface area contributed by atoms with Gasteiger partial charge in [0, 0.05) is 11.8 Å². The number of oxime groups is 1. The average molecular weight is 384 g/mol. The van der Waals surface area contributed by atoms with Gasteiger partial charge in [-0.2, -0.15) is 0 Å². The average Bonchev–Trinajstić information content (AvgIpc) is 3.32. The molecule has 0 aliphatic carbocycles. The minimum atomic E-state index is -0.678. The number of aliphatic imine (C=N–C) groups is 1. The Labute approximate surface area is 162 Å². The van der Waals surface area contributed by atoms with Crippen molar-refractivity contribution in [1.29, 1.82) is 0 Å². The first-order chi connectivity index (χ1) is 13.3. The smallest absolute Gasteiger partial charge is 0.222 e. The van der Waals surface area contributed by atoms with Crippen LogP contribution < -0.4 is 0 Å². The molecule has 0 saturated carbocycles. The molecule has 2 unspecified atom stereocenters. The quantitative estimate of drug-likeness (QED) is 0.746. The van der Waals surface area contributed by atoms with Gasteiger partial charge in [-0.25, -0.2) is 13.8 Å².